The highest BCUT2D eigenvalue weighted by Crippen LogP contribution is 2.30. The first-order chi connectivity index (χ1) is 7.83. The second-order valence-corrected chi connectivity index (χ2v) is 5.36. The number of rotatable bonds is 4. The summed E-state index contributed by atoms with van der Waals surface area (Å²) in [5, 5.41) is 5.64. The van der Waals surface area contributed by atoms with Crippen molar-refractivity contribution < 1.29 is 0 Å². The molecule has 0 saturated heterocycles. The molecule has 1 aromatic carbocycles. The fourth-order valence-electron chi connectivity index (χ4n) is 1.73. The van der Waals surface area contributed by atoms with E-state index in [0.29, 0.717) is 6.04 Å². The summed E-state index contributed by atoms with van der Waals surface area (Å²) in [6, 6.07) is 13.0. The lowest BCUT2D eigenvalue weighted by Crippen LogP contribution is -2.21. The standard InChI is InChI=1S/C13H14BrNS/c1-2-15-13(12-8-5-9-16-12)10-6-3-4-7-11(10)14/h3-9,13,15H,2H2,1H3. The van der Waals surface area contributed by atoms with Crippen molar-refractivity contribution in [1.29, 1.82) is 0 Å². The summed E-state index contributed by atoms with van der Waals surface area (Å²) in [5.74, 6) is 0. The van der Waals surface area contributed by atoms with Crippen LogP contribution in [-0.4, -0.2) is 6.54 Å². The molecule has 1 heterocycles. The summed E-state index contributed by atoms with van der Waals surface area (Å²) in [6.45, 7) is 3.10. The van der Waals surface area contributed by atoms with E-state index in [4.69, 9.17) is 0 Å². The van der Waals surface area contributed by atoms with Gasteiger partial charge in [-0.2, -0.15) is 0 Å². The summed E-state index contributed by atoms with van der Waals surface area (Å²) >= 11 is 5.41. The Morgan fingerprint density at radius 2 is 2.06 bits per heavy atom. The zero-order chi connectivity index (χ0) is 11.4. The van der Waals surface area contributed by atoms with Gasteiger partial charge in [-0.15, -0.1) is 11.3 Å². The van der Waals surface area contributed by atoms with Gasteiger partial charge in [0.2, 0.25) is 0 Å². The molecule has 84 valence electrons. The van der Waals surface area contributed by atoms with E-state index >= 15 is 0 Å². The molecular weight excluding hydrogens is 282 g/mol. The smallest absolute Gasteiger partial charge is 0.0681 e. The van der Waals surface area contributed by atoms with E-state index in [1.807, 2.05) is 6.07 Å². The monoisotopic (exact) mass is 295 g/mol. The summed E-state index contributed by atoms with van der Waals surface area (Å²) < 4.78 is 1.16. The van der Waals surface area contributed by atoms with Crippen molar-refractivity contribution in [2.45, 2.75) is 13.0 Å². The van der Waals surface area contributed by atoms with Crippen LogP contribution >= 0.6 is 27.3 Å². The Hall–Kier alpha value is -0.640. The average molecular weight is 296 g/mol. The Morgan fingerprint density at radius 1 is 1.25 bits per heavy atom. The average Bonchev–Trinajstić information content (AvgIpc) is 2.80. The molecule has 1 aromatic heterocycles. The highest BCUT2D eigenvalue weighted by Gasteiger charge is 2.15. The van der Waals surface area contributed by atoms with Crippen LogP contribution < -0.4 is 5.32 Å². The van der Waals surface area contributed by atoms with Crippen molar-refractivity contribution in [1.82, 2.24) is 5.32 Å². The highest BCUT2D eigenvalue weighted by atomic mass is 79.9. The quantitative estimate of drug-likeness (QED) is 0.891. The maximum atomic E-state index is 3.62. The first-order valence-corrected chi connectivity index (χ1v) is 7.01. The van der Waals surface area contributed by atoms with E-state index in [-0.39, 0.29) is 0 Å². The van der Waals surface area contributed by atoms with Crippen molar-refractivity contribution in [3.8, 4) is 0 Å². The Balaban J connectivity index is 2.37. The fourth-order valence-corrected chi connectivity index (χ4v) is 3.06. The molecule has 0 radical (unpaired) electrons. The fraction of sp³-hybridized carbons (Fsp3) is 0.231. The van der Waals surface area contributed by atoms with Crippen LogP contribution in [-0.2, 0) is 0 Å². The number of halogens is 1. The zero-order valence-electron chi connectivity index (χ0n) is 9.11. The topological polar surface area (TPSA) is 12.0 Å². The van der Waals surface area contributed by atoms with Crippen LogP contribution in [0.1, 0.15) is 23.4 Å². The van der Waals surface area contributed by atoms with Gasteiger partial charge in [-0.3, -0.25) is 0 Å². The van der Waals surface area contributed by atoms with Gasteiger partial charge >= 0.3 is 0 Å². The summed E-state index contributed by atoms with van der Waals surface area (Å²) in [5.41, 5.74) is 1.30. The lowest BCUT2D eigenvalue weighted by molar-refractivity contribution is 0.637. The molecule has 1 atom stereocenters. The normalized spacial score (nSPS) is 12.6. The predicted molar refractivity (Wildman–Crippen MR) is 74.0 cm³/mol. The molecule has 2 aromatic rings. The molecule has 0 aliphatic rings. The molecule has 0 bridgehead atoms. The second-order valence-electron chi connectivity index (χ2n) is 3.53. The number of nitrogens with one attached hydrogen (secondary N) is 1. The van der Waals surface area contributed by atoms with Gasteiger partial charge in [0, 0.05) is 9.35 Å². The van der Waals surface area contributed by atoms with Gasteiger partial charge in [0.05, 0.1) is 6.04 Å². The van der Waals surface area contributed by atoms with E-state index < -0.39 is 0 Å². The molecule has 0 spiro atoms. The molecule has 0 aliphatic heterocycles. The SMILES string of the molecule is CCNC(c1cccs1)c1ccccc1Br. The zero-order valence-corrected chi connectivity index (χ0v) is 11.5. The van der Waals surface area contributed by atoms with E-state index in [9.17, 15) is 0 Å². The maximum absolute atomic E-state index is 3.62. The molecule has 3 heteroatoms. The van der Waals surface area contributed by atoms with E-state index in [1.165, 1.54) is 10.4 Å². The van der Waals surface area contributed by atoms with Crippen molar-refractivity contribution >= 4 is 27.3 Å². The first-order valence-electron chi connectivity index (χ1n) is 5.34. The third-order valence-corrected chi connectivity index (χ3v) is 4.11. The number of benzene rings is 1. The van der Waals surface area contributed by atoms with Crippen LogP contribution in [0, 0.1) is 0 Å². The molecule has 16 heavy (non-hydrogen) atoms. The van der Waals surface area contributed by atoms with Crippen LogP contribution in [0.25, 0.3) is 0 Å². The molecule has 0 fully saturated rings. The van der Waals surface area contributed by atoms with Crippen LogP contribution in [0.15, 0.2) is 46.3 Å². The largest absolute Gasteiger partial charge is 0.306 e. The molecular formula is C13H14BrNS. The third-order valence-electron chi connectivity index (χ3n) is 2.45. The van der Waals surface area contributed by atoms with E-state index in [0.717, 1.165) is 11.0 Å². The third kappa shape index (κ3) is 2.54. The Kier molecular flexibility index (Phi) is 4.16. The molecule has 1 N–H and O–H groups in total. The van der Waals surface area contributed by atoms with Crippen molar-refractivity contribution in [2.75, 3.05) is 6.54 Å². The van der Waals surface area contributed by atoms with Gasteiger partial charge in [0.15, 0.2) is 0 Å². The molecule has 1 nitrogen and oxygen atoms in total. The predicted octanol–water partition coefficient (Wildman–Crippen LogP) is 4.21. The minimum absolute atomic E-state index is 0.292. The molecule has 2 rings (SSSR count). The van der Waals surface area contributed by atoms with Gasteiger partial charge in [0.25, 0.3) is 0 Å². The van der Waals surface area contributed by atoms with Gasteiger partial charge < -0.3 is 5.32 Å². The Morgan fingerprint density at radius 3 is 2.69 bits per heavy atom. The Labute approximate surface area is 109 Å². The lowest BCUT2D eigenvalue weighted by atomic mass is 10.1. The minimum atomic E-state index is 0.292. The van der Waals surface area contributed by atoms with Crippen LogP contribution in [0.3, 0.4) is 0 Å². The second kappa shape index (κ2) is 5.62. The number of thiophene rings is 1. The molecule has 1 unspecified atom stereocenters. The van der Waals surface area contributed by atoms with Gasteiger partial charge in [0.1, 0.15) is 0 Å². The lowest BCUT2D eigenvalue weighted by Gasteiger charge is -2.18. The van der Waals surface area contributed by atoms with E-state index in [1.54, 1.807) is 11.3 Å². The van der Waals surface area contributed by atoms with Crippen molar-refractivity contribution in [3.05, 3.63) is 56.7 Å². The van der Waals surface area contributed by atoms with Crippen LogP contribution in [0.4, 0.5) is 0 Å². The van der Waals surface area contributed by atoms with E-state index in [2.05, 4.69) is 63.9 Å². The van der Waals surface area contributed by atoms with Gasteiger partial charge in [-0.1, -0.05) is 47.1 Å². The van der Waals surface area contributed by atoms with Gasteiger partial charge in [-0.05, 0) is 29.6 Å². The number of hydrogen-bond acceptors (Lipinski definition) is 2. The van der Waals surface area contributed by atoms with Crippen LogP contribution in [0.5, 0.6) is 0 Å². The highest BCUT2D eigenvalue weighted by molar-refractivity contribution is 9.10. The maximum Gasteiger partial charge on any atom is 0.0681 e. The van der Waals surface area contributed by atoms with Crippen molar-refractivity contribution in [3.63, 3.8) is 0 Å². The van der Waals surface area contributed by atoms with Crippen LogP contribution in [0.2, 0.25) is 0 Å². The minimum Gasteiger partial charge on any atom is -0.306 e. The first kappa shape index (κ1) is 11.8. The molecule has 0 aliphatic carbocycles. The summed E-state index contributed by atoms with van der Waals surface area (Å²) in [7, 11) is 0. The summed E-state index contributed by atoms with van der Waals surface area (Å²) in [6.07, 6.45) is 0. The Bertz CT molecular complexity index is 439. The molecule has 0 amide bonds. The number of hydrogen-bond donors (Lipinski definition) is 1. The summed E-state index contributed by atoms with van der Waals surface area (Å²) in [4.78, 5) is 1.36. The molecule has 0 saturated carbocycles. The van der Waals surface area contributed by atoms with Gasteiger partial charge in [-0.25, -0.2) is 0 Å². The van der Waals surface area contributed by atoms with Crippen molar-refractivity contribution in [2.24, 2.45) is 0 Å².